The van der Waals surface area contributed by atoms with E-state index in [2.05, 4.69) is 10.2 Å². The van der Waals surface area contributed by atoms with Crippen molar-refractivity contribution in [2.24, 2.45) is 0 Å². The van der Waals surface area contributed by atoms with E-state index >= 15 is 0 Å². The lowest BCUT2D eigenvalue weighted by Crippen LogP contribution is -1.87. The van der Waals surface area contributed by atoms with Gasteiger partial charge in [0.25, 0.3) is 0 Å². The lowest BCUT2D eigenvalue weighted by molar-refractivity contribution is 0.398. The SMILES string of the molecule is COc1n[nH]c(OC)c1-c1ccccc1. The van der Waals surface area contributed by atoms with Gasteiger partial charge in [0.2, 0.25) is 11.8 Å². The molecule has 0 aliphatic rings. The Morgan fingerprint density at radius 1 is 1.07 bits per heavy atom. The third-order valence-electron chi connectivity index (χ3n) is 2.16. The third-order valence-corrected chi connectivity index (χ3v) is 2.16. The van der Waals surface area contributed by atoms with E-state index in [0.717, 1.165) is 11.1 Å². The van der Waals surface area contributed by atoms with E-state index in [-0.39, 0.29) is 0 Å². The summed E-state index contributed by atoms with van der Waals surface area (Å²) in [6, 6.07) is 9.84. The summed E-state index contributed by atoms with van der Waals surface area (Å²) in [5, 5.41) is 6.79. The summed E-state index contributed by atoms with van der Waals surface area (Å²) in [6.07, 6.45) is 0. The second-order valence-corrected chi connectivity index (χ2v) is 3.01. The van der Waals surface area contributed by atoms with E-state index in [1.165, 1.54) is 0 Å². The van der Waals surface area contributed by atoms with Gasteiger partial charge in [0.1, 0.15) is 5.56 Å². The predicted octanol–water partition coefficient (Wildman–Crippen LogP) is 2.09. The van der Waals surface area contributed by atoms with Crippen molar-refractivity contribution in [3.63, 3.8) is 0 Å². The highest BCUT2D eigenvalue weighted by atomic mass is 16.5. The average Bonchev–Trinajstić information content (AvgIpc) is 2.72. The molecule has 0 atom stereocenters. The van der Waals surface area contributed by atoms with E-state index in [4.69, 9.17) is 9.47 Å². The maximum atomic E-state index is 5.18. The Bertz CT molecular complexity index is 416. The van der Waals surface area contributed by atoms with Gasteiger partial charge in [-0.3, -0.25) is 0 Å². The molecule has 15 heavy (non-hydrogen) atoms. The molecule has 2 rings (SSSR count). The highest BCUT2D eigenvalue weighted by Crippen LogP contribution is 2.35. The number of hydrogen-bond acceptors (Lipinski definition) is 3. The molecule has 78 valence electrons. The Labute approximate surface area is 87.8 Å². The van der Waals surface area contributed by atoms with Crippen LogP contribution in [0, 0.1) is 0 Å². The molecule has 1 heterocycles. The van der Waals surface area contributed by atoms with Crippen LogP contribution in [0.5, 0.6) is 11.8 Å². The number of hydrogen-bond donors (Lipinski definition) is 1. The topological polar surface area (TPSA) is 47.1 Å². The fourth-order valence-corrected chi connectivity index (χ4v) is 1.47. The number of H-pyrrole nitrogens is 1. The first kappa shape index (κ1) is 9.58. The lowest BCUT2D eigenvalue weighted by atomic mass is 10.1. The van der Waals surface area contributed by atoms with Crippen molar-refractivity contribution in [3.05, 3.63) is 30.3 Å². The first-order chi connectivity index (χ1) is 7.36. The monoisotopic (exact) mass is 204 g/mol. The van der Waals surface area contributed by atoms with Gasteiger partial charge in [-0.2, -0.15) is 0 Å². The van der Waals surface area contributed by atoms with Crippen molar-refractivity contribution in [2.75, 3.05) is 14.2 Å². The third kappa shape index (κ3) is 1.66. The molecule has 4 heteroatoms. The van der Waals surface area contributed by atoms with Gasteiger partial charge >= 0.3 is 0 Å². The summed E-state index contributed by atoms with van der Waals surface area (Å²) in [4.78, 5) is 0. The van der Waals surface area contributed by atoms with Gasteiger partial charge in [0.05, 0.1) is 14.2 Å². The quantitative estimate of drug-likeness (QED) is 0.832. The van der Waals surface area contributed by atoms with Crippen molar-refractivity contribution in [2.45, 2.75) is 0 Å². The van der Waals surface area contributed by atoms with Crippen LogP contribution in [0.4, 0.5) is 0 Å². The molecule has 1 N–H and O–H groups in total. The number of methoxy groups -OCH3 is 2. The number of aromatic nitrogens is 2. The molecule has 0 aliphatic heterocycles. The van der Waals surface area contributed by atoms with Crippen LogP contribution in [-0.2, 0) is 0 Å². The Balaban J connectivity index is 2.55. The fraction of sp³-hybridized carbons (Fsp3) is 0.182. The summed E-state index contributed by atoms with van der Waals surface area (Å²) in [5.41, 5.74) is 1.86. The van der Waals surface area contributed by atoms with Crippen LogP contribution in [0.25, 0.3) is 11.1 Å². The van der Waals surface area contributed by atoms with Crippen LogP contribution >= 0.6 is 0 Å². The Hall–Kier alpha value is -1.97. The summed E-state index contributed by atoms with van der Waals surface area (Å²) in [5.74, 6) is 1.15. The minimum Gasteiger partial charge on any atom is -0.481 e. The molecule has 4 nitrogen and oxygen atoms in total. The average molecular weight is 204 g/mol. The van der Waals surface area contributed by atoms with Crippen molar-refractivity contribution in [1.29, 1.82) is 0 Å². The van der Waals surface area contributed by atoms with Crippen LogP contribution in [0.2, 0.25) is 0 Å². The molecule has 0 saturated carbocycles. The fourth-order valence-electron chi connectivity index (χ4n) is 1.47. The van der Waals surface area contributed by atoms with Crippen LogP contribution in [0.3, 0.4) is 0 Å². The van der Waals surface area contributed by atoms with Gasteiger partial charge in [0, 0.05) is 0 Å². The number of ether oxygens (including phenoxy) is 2. The molecule has 0 fully saturated rings. The number of nitrogens with zero attached hydrogens (tertiary/aromatic N) is 1. The normalized spacial score (nSPS) is 10.0. The van der Waals surface area contributed by atoms with E-state index in [9.17, 15) is 0 Å². The smallest absolute Gasteiger partial charge is 0.244 e. The number of aromatic amines is 1. The summed E-state index contributed by atoms with van der Waals surface area (Å²) >= 11 is 0. The molecular weight excluding hydrogens is 192 g/mol. The molecule has 0 bridgehead atoms. The number of nitrogens with one attached hydrogen (secondary N) is 1. The Morgan fingerprint density at radius 2 is 1.80 bits per heavy atom. The van der Waals surface area contributed by atoms with Crippen molar-refractivity contribution < 1.29 is 9.47 Å². The molecule has 0 radical (unpaired) electrons. The van der Waals surface area contributed by atoms with E-state index < -0.39 is 0 Å². The zero-order valence-corrected chi connectivity index (χ0v) is 8.65. The summed E-state index contributed by atoms with van der Waals surface area (Å²) in [6.45, 7) is 0. The molecule has 0 saturated heterocycles. The zero-order valence-electron chi connectivity index (χ0n) is 8.65. The van der Waals surface area contributed by atoms with Gasteiger partial charge in [-0.1, -0.05) is 30.3 Å². The lowest BCUT2D eigenvalue weighted by Gasteiger charge is -2.03. The van der Waals surface area contributed by atoms with Gasteiger partial charge in [-0.15, -0.1) is 5.10 Å². The van der Waals surface area contributed by atoms with Crippen molar-refractivity contribution in [1.82, 2.24) is 10.2 Å². The minimum absolute atomic E-state index is 0.540. The highest BCUT2D eigenvalue weighted by Gasteiger charge is 2.15. The van der Waals surface area contributed by atoms with Crippen molar-refractivity contribution >= 4 is 0 Å². The summed E-state index contributed by atoms with van der Waals surface area (Å²) in [7, 11) is 3.18. The Kier molecular flexibility index (Phi) is 2.58. The molecule has 0 unspecified atom stereocenters. The molecule has 0 spiro atoms. The van der Waals surface area contributed by atoms with Crippen LogP contribution in [0.1, 0.15) is 0 Å². The van der Waals surface area contributed by atoms with Crippen molar-refractivity contribution in [3.8, 4) is 22.9 Å². The standard InChI is InChI=1S/C11H12N2O2/c1-14-10-9(11(15-2)13-12-10)8-6-4-3-5-7-8/h3-7H,1-2H3,(H,12,13). The van der Waals surface area contributed by atoms with Crippen LogP contribution in [-0.4, -0.2) is 24.4 Å². The zero-order chi connectivity index (χ0) is 10.7. The predicted molar refractivity (Wildman–Crippen MR) is 57.1 cm³/mol. The summed E-state index contributed by atoms with van der Waals surface area (Å²) < 4.78 is 10.3. The van der Waals surface area contributed by atoms with Crippen LogP contribution < -0.4 is 9.47 Å². The number of rotatable bonds is 3. The molecule has 2 aromatic rings. The van der Waals surface area contributed by atoms with Gasteiger partial charge in [-0.05, 0) is 5.56 Å². The van der Waals surface area contributed by atoms with Gasteiger partial charge < -0.3 is 9.47 Å². The van der Waals surface area contributed by atoms with Crippen LogP contribution in [0.15, 0.2) is 30.3 Å². The van der Waals surface area contributed by atoms with E-state index in [0.29, 0.717) is 11.8 Å². The second kappa shape index (κ2) is 4.04. The minimum atomic E-state index is 0.540. The maximum Gasteiger partial charge on any atom is 0.244 e. The van der Waals surface area contributed by atoms with Gasteiger partial charge in [-0.25, -0.2) is 5.10 Å². The maximum absolute atomic E-state index is 5.18. The van der Waals surface area contributed by atoms with Gasteiger partial charge in [0.15, 0.2) is 0 Å². The first-order valence-electron chi connectivity index (χ1n) is 4.58. The molecule has 0 amide bonds. The molecular formula is C11H12N2O2. The number of benzene rings is 1. The first-order valence-corrected chi connectivity index (χ1v) is 4.58. The largest absolute Gasteiger partial charge is 0.481 e. The second-order valence-electron chi connectivity index (χ2n) is 3.01. The Morgan fingerprint density at radius 3 is 2.40 bits per heavy atom. The molecule has 0 aliphatic carbocycles. The van der Waals surface area contributed by atoms with E-state index in [1.54, 1.807) is 14.2 Å². The molecule has 1 aromatic carbocycles. The highest BCUT2D eigenvalue weighted by molar-refractivity contribution is 5.73. The molecule has 1 aromatic heterocycles. The van der Waals surface area contributed by atoms with E-state index in [1.807, 2.05) is 30.3 Å².